The lowest BCUT2D eigenvalue weighted by Crippen LogP contribution is -2.14. The van der Waals surface area contributed by atoms with Crippen LogP contribution in [0.4, 0.5) is 5.82 Å². The fourth-order valence-corrected chi connectivity index (χ4v) is 1.89. The molecule has 1 aromatic heterocycles. The van der Waals surface area contributed by atoms with Crippen LogP contribution in [0.15, 0.2) is 6.33 Å². The van der Waals surface area contributed by atoms with Crippen molar-refractivity contribution in [3.63, 3.8) is 0 Å². The molecule has 1 aliphatic heterocycles. The second-order valence-electron chi connectivity index (χ2n) is 2.52. The number of nitrogens with zero attached hydrogens (tertiary/aromatic N) is 2. The van der Waals surface area contributed by atoms with Gasteiger partial charge in [-0.15, -0.1) is 0 Å². The van der Waals surface area contributed by atoms with Crippen molar-refractivity contribution in [2.24, 2.45) is 0 Å². The topological polar surface area (TPSA) is 37.8 Å². The summed E-state index contributed by atoms with van der Waals surface area (Å²) in [4.78, 5) is 8.28. The largest absolute Gasteiger partial charge is 0.370 e. The molecule has 4 heteroatoms. The van der Waals surface area contributed by atoms with Crippen LogP contribution < -0.4 is 5.32 Å². The summed E-state index contributed by atoms with van der Waals surface area (Å²) in [6.07, 6.45) is 3.91. The summed E-state index contributed by atoms with van der Waals surface area (Å²) in [6.45, 7) is 1.04. The van der Waals surface area contributed by atoms with Crippen molar-refractivity contribution in [3.8, 4) is 0 Å². The van der Waals surface area contributed by atoms with Crippen molar-refractivity contribution in [2.75, 3.05) is 11.9 Å². The van der Waals surface area contributed by atoms with Crippen LogP contribution >= 0.6 is 22.6 Å². The lowest BCUT2D eigenvalue weighted by Gasteiger charge is -2.16. The molecule has 2 heterocycles. The van der Waals surface area contributed by atoms with Crippen LogP contribution in [0.5, 0.6) is 0 Å². The molecular formula is C7H8IN3. The van der Waals surface area contributed by atoms with Crippen LogP contribution in [-0.4, -0.2) is 16.5 Å². The van der Waals surface area contributed by atoms with E-state index in [0.717, 1.165) is 22.5 Å². The van der Waals surface area contributed by atoms with Crippen LogP contribution in [0, 0.1) is 3.70 Å². The summed E-state index contributed by atoms with van der Waals surface area (Å²) >= 11 is 2.25. The van der Waals surface area contributed by atoms with Gasteiger partial charge in [0.2, 0.25) is 0 Å². The zero-order chi connectivity index (χ0) is 7.68. The van der Waals surface area contributed by atoms with E-state index in [1.807, 2.05) is 0 Å². The maximum Gasteiger partial charge on any atom is 0.133 e. The SMILES string of the molecule is Ic1ncnc2c1CCCN2. The van der Waals surface area contributed by atoms with Gasteiger partial charge in [-0.3, -0.25) is 0 Å². The Kier molecular flexibility index (Phi) is 1.93. The summed E-state index contributed by atoms with van der Waals surface area (Å²) in [7, 11) is 0. The first-order valence-corrected chi connectivity index (χ1v) is 4.69. The lowest BCUT2D eigenvalue weighted by atomic mass is 10.1. The molecule has 0 spiro atoms. The normalized spacial score (nSPS) is 15.4. The first-order valence-electron chi connectivity index (χ1n) is 3.61. The van der Waals surface area contributed by atoms with Crippen LogP contribution in [0.3, 0.4) is 0 Å². The number of nitrogens with one attached hydrogen (secondary N) is 1. The number of halogens is 1. The molecule has 0 saturated carbocycles. The maximum atomic E-state index is 4.15. The standard InChI is InChI=1S/C7H8IN3/c8-6-5-2-1-3-9-7(5)11-4-10-6/h4H,1-3H2,(H,9,10,11). The molecule has 0 aliphatic carbocycles. The summed E-state index contributed by atoms with van der Waals surface area (Å²) < 4.78 is 1.08. The second kappa shape index (κ2) is 2.92. The molecule has 1 aromatic rings. The van der Waals surface area contributed by atoms with Gasteiger partial charge in [-0.25, -0.2) is 9.97 Å². The second-order valence-corrected chi connectivity index (χ2v) is 3.54. The van der Waals surface area contributed by atoms with E-state index in [1.54, 1.807) is 6.33 Å². The predicted octanol–water partition coefficient (Wildman–Crippen LogP) is 1.44. The van der Waals surface area contributed by atoms with E-state index in [2.05, 4.69) is 37.9 Å². The zero-order valence-electron chi connectivity index (χ0n) is 5.97. The van der Waals surface area contributed by atoms with Crippen molar-refractivity contribution < 1.29 is 0 Å². The van der Waals surface area contributed by atoms with Crippen molar-refractivity contribution in [1.29, 1.82) is 0 Å². The van der Waals surface area contributed by atoms with Crippen molar-refractivity contribution in [1.82, 2.24) is 9.97 Å². The molecule has 2 rings (SSSR count). The number of rotatable bonds is 0. The van der Waals surface area contributed by atoms with E-state index in [-0.39, 0.29) is 0 Å². The first-order chi connectivity index (χ1) is 5.38. The molecule has 0 atom stereocenters. The molecule has 3 nitrogen and oxygen atoms in total. The number of hydrogen-bond acceptors (Lipinski definition) is 3. The smallest absolute Gasteiger partial charge is 0.133 e. The van der Waals surface area contributed by atoms with Gasteiger partial charge in [-0.1, -0.05) is 0 Å². The maximum absolute atomic E-state index is 4.15. The highest BCUT2D eigenvalue weighted by Gasteiger charge is 2.12. The molecule has 0 fully saturated rings. The highest BCUT2D eigenvalue weighted by atomic mass is 127. The highest BCUT2D eigenvalue weighted by molar-refractivity contribution is 14.1. The molecular weight excluding hydrogens is 253 g/mol. The van der Waals surface area contributed by atoms with Crippen molar-refractivity contribution >= 4 is 28.4 Å². The number of fused-ring (bicyclic) bond motifs is 1. The molecule has 0 bridgehead atoms. The fourth-order valence-electron chi connectivity index (χ4n) is 1.24. The van der Waals surface area contributed by atoms with Gasteiger partial charge in [0.25, 0.3) is 0 Å². The molecule has 0 radical (unpaired) electrons. The minimum atomic E-state index is 1.02. The summed E-state index contributed by atoms with van der Waals surface area (Å²) in [5, 5.41) is 3.25. The monoisotopic (exact) mass is 261 g/mol. The highest BCUT2D eigenvalue weighted by Crippen LogP contribution is 2.21. The quantitative estimate of drug-likeness (QED) is 0.567. The fraction of sp³-hybridized carbons (Fsp3) is 0.429. The third kappa shape index (κ3) is 1.31. The van der Waals surface area contributed by atoms with Crippen LogP contribution in [-0.2, 0) is 6.42 Å². The van der Waals surface area contributed by atoms with E-state index >= 15 is 0 Å². The Labute approximate surface area is 78.8 Å². The number of hydrogen-bond donors (Lipinski definition) is 1. The van der Waals surface area contributed by atoms with Gasteiger partial charge >= 0.3 is 0 Å². The Morgan fingerprint density at radius 1 is 1.45 bits per heavy atom. The summed E-state index contributed by atoms with van der Waals surface area (Å²) in [5.41, 5.74) is 1.28. The van der Waals surface area contributed by atoms with E-state index in [9.17, 15) is 0 Å². The van der Waals surface area contributed by atoms with E-state index < -0.39 is 0 Å². The summed E-state index contributed by atoms with van der Waals surface area (Å²) in [5.74, 6) is 1.02. The van der Waals surface area contributed by atoms with E-state index in [4.69, 9.17) is 0 Å². The van der Waals surface area contributed by atoms with Gasteiger partial charge in [-0.2, -0.15) is 0 Å². The first kappa shape index (κ1) is 7.27. The van der Waals surface area contributed by atoms with Gasteiger partial charge in [0, 0.05) is 12.1 Å². The van der Waals surface area contributed by atoms with Gasteiger partial charge in [-0.05, 0) is 35.4 Å². The number of aromatic nitrogens is 2. The summed E-state index contributed by atoms with van der Waals surface area (Å²) in [6, 6.07) is 0. The van der Waals surface area contributed by atoms with Gasteiger partial charge in [0.1, 0.15) is 15.8 Å². The van der Waals surface area contributed by atoms with Gasteiger partial charge < -0.3 is 5.32 Å². The minimum absolute atomic E-state index is 1.02. The Morgan fingerprint density at radius 2 is 2.36 bits per heavy atom. The van der Waals surface area contributed by atoms with Crippen LogP contribution in [0.2, 0.25) is 0 Å². The predicted molar refractivity (Wildman–Crippen MR) is 51.6 cm³/mol. The average Bonchev–Trinajstić information content (AvgIpc) is 2.06. The molecule has 1 aliphatic rings. The van der Waals surface area contributed by atoms with Crippen molar-refractivity contribution in [2.45, 2.75) is 12.8 Å². The number of anilines is 1. The molecule has 1 N–H and O–H groups in total. The van der Waals surface area contributed by atoms with E-state index in [0.29, 0.717) is 0 Å². The molecule has 0 saturated heterocycles. The Morgan fingerprint density at radius 3 is 3.18 bits per heavy atom. The Balaban J connectivity index is 2.49. The molecule has 58 valence electrons. The third-order valence-corrected chi connectivity index (χ3v) is 2.72. The van der Waals surface area contributed by atoms with E-state index in [1.165, 1.54) is 12.0 Å². The molecule has 0 unspecified atom stereocenters. The Hall–Kier alpha value is -0.390. The van der Waals surface area contributed by atoms with Crippen LogP contribution in [0.1, 0.15) is 12.0 Å². The lowest BCUT2D eigenvalue weighted by molar-refractivity contribution is 0.801. The minimum Gasteiger partial charge on any atom is -0.370 e. The van der Waals surface area contributed by atoms with Gasteiger partial charge in [0.15, 0.2) is 0 Å². The average molecular weight is 261 g/mol. The zero-order valence-corrected chi connectivity index (χ0v) is 8.13. The molecule has 0 amide bonds. The third-order valence-electron chi connectivity index (χ3n) is 1.79. The molecule has 0 aromatic carbocycles. The van der Waals surface area contributed by atoms with Crippen LogP contribution in [0.25, 0.3) is 0 Å². The molecule has 11 heavy (non-hydrogen) atoms. The van der Waals surface area contributed by atoms with Crippen molar-refractivity contribution in [3.05, 3.63) is 15.6 Å². The van der Waals surface area contributed by atoms with Gasteiger partial charge in [0.05, 0.1) is 0 Å². The Bertz CT molecular complexity index is 274.